The van der Waals surface area contributed by atoms with Gasteiger partial charge in [0.2, 0.25) is 11.8 Å². The molecule has 0 bridgehead atoms. The van der Waals surface area contributed by atoms with Crippen molar-refractivity contribution in [2.75, 3.05) is 50.8 Å². The second-order valence-electron chi connectivity index (χ2n) is 12.4. The van der Waals surface area contributed by atoms with Crippen molar-refractivity contribution in [2.24, 2.45) is 23.0 Å². The van der Waals surface area contributed by atoms with Crippen LogP contribution in [0.5, 0.6) is 0 Å². The molecule has 3 saturated heterocycles. The van der Waals surface area contributed by atoms with Crippen LogP contribution in [0.2, 0.25) is 0 Å². The molecule has 0 unspecified atom stereocenters. The first-order valence-electron chi connectivity index (χ1n) is 14.5. The zero-order chi connectivity index (χ0) is 27.2. The summed E-state index contributed by atoms with van der Waals surface area (Å²) < 4.78 is 5.94. The van der Waals surface area contributed by atoms with Crippen molar-refractivity contribution >= 4 is 23.3 Å². The number of hydrogen-bond acceptors (Lipinski definition) is 6. The first-order valence-corrected chi connectivity index (χ1v) is 14.5. The molecule has 3 heterocycles. The number of primary amides is 1. The number of piperazine rings is 1. The topological polar surface area (TPSA) is 96.2 Å². The number of ketones is 1. The number of rotatable bonds is 9. The smallest absolute Gasteiger partial charge is 0.249 e. The maximum atomic E-state index is 14.6. The zero-order valence-corrected chi connectivity index (χ0v) is 23.4. The van der Waals surface area contributed by atoms with E-state index in [1.165, 1.54) is 0 Å². The van der Waals surface area contributed by atoms with Crippen LogP contribution in [0.1, 0.15) is 75.2 Å². The molecular formula is C30H44N4O4. The van der Waals surface area contributed by atoms with Crippen LogP contribution >= 0.6 is 0 Å². The van der Waals surface area contributed by atoms with E-state index in [-0.39, 0.29) is 30.3 Å². The predicted molar refractivity (Wildman–Crippen MR) is 147 cm³/mol. The Morgan fingerprint density at radius 1 is 1.13 bits per heavy atom. The highest BCUT2D eigenvalue weighted by atomic mass is 16.5. The van der Waals surface area contributed by atoms with E-state index < -0.39 is 23.3 Å². The van der Waals surface area contributed by atoms with Crippen LogP contribution in [0.4, 0.5) is 5.69 Å². The maximum absolute atomic E-state index is 14.6. The predicted octanol–water partition coefficient (Wildman–Crippen LogP) is 3.04. The van der Waals surface area contributed by atoms with E-state index in [1.54, 1.807) is 11.0 Å². The van der Waals surface area contributed by atoms with E-state index in [2.05, 4.69) is 37.5 Å². The number of nitrogens with zero attached hydrogens (tertiary/aromatic N) is 3. The van der Waals surface area contributed by atoms with Crippen LogP contribution in [-0.4, -0.2) is 85.4 Å². The molecule has 3 aliphatic heterocycles. The molecule has 5 rings (SSSR count). The number of carbonyl (C=O) groups is 3. The summed E-state index contributed by atoms with van der Waals surface area (Å²) in [5, 5.41) is 0. The fourth-order valence-corrected chi connectivity index (χ4v) is 6.87. The third kappa shape index (κ3) is 4.97. The van der Waals surface area contributed by atoms with Gasteiger partial charge in [-0.15, -0.1) is 0 Å². The number of anilines is 1. The highest BCUT2D eigenvalue weighted by Crippen LogP contribution is 2.49. The molecule has 1 saturated carbocycles. The minimum atomic E-state index is -0.594. The number of ether oxygens (including phenoxy) is 1. The molecule has 0 radical (unpaired) electrons. The minimum Gasteiger partial charge on any atom is -0.369 e. The first kappa shape index (κ1) is 27.1. The Morgan fingerprint density at radius 3 is 2.45 bits per heavy atom. The number of nitrogens with two attached hydrogens (primary N) is 1. The van der Waals surface area contributed by atoms with Crippen molar-refractivity contribution in [1.29, 1.82) is 0 Å². The Labute approximate surface area is 226 Å². The van der Waals surface area contributed by atoms with Gasteiger partial charge in [0.1, 0.15) is 12.6 Å². The van der Waals surface area contributed by atoms with Gasteiger partial charge in [0.05, 0.1) is 12.0 Å². The van der Waals surface area contributed by atoms with Crippen molar-refractivity contribution in [2.45, 2.75) is 71.4 Å². The van der Waals surface area contributed by atoms with E-state index >= 15 is 0 Å². The van der Waals surface area contributed by atoms with Crippen molar-refractivity contribution in [3.05, 3.63) is 29.3 Å². The lowest BCUT2D eigenvalue weighted by molar-refractivity contribution is -0.140. The highest BCUT2D eigenvalue weighted by molar-refractivity contribution is 5.99. The molecule has 0 spiro atoms. The van der Waals surface area contributed by atoms with Crippen molar-refractivity contribution in [3.8, 4) is 0 Å². The van der Waals surface area contributed by atoms with Gasteiger partial charge >= 0.3 is 0 Å². The quantitative estimate of drug-likeness (QED) is 0.534. The third-order valence-electron chi connectivity index (χ3n) is 9.56. The maximum Gasteiger partial charge on any atom is 0.249 e. The van der Waals surface area contributed by atoms with Gasteiger partial charge in [-0.3, -0.25) is 19.3 Å². The van der Waals surface area contributed by atoms with Gasteiger partial charge in [0.15, 0.2) is 5.78 Å². The van der Waals surface area contributed by atoms with Gasteiger partial charge in [-0.1, -0.05) is 27.7 Å². The fourth-order valence-electron chi connectivity index (χ4n) is 6.87. The summed E-state index contributed by atoms with van der Waals surface area (Å²) >= 11 is 0. The van der Waals surface area contributed by atoms with Gasteiger partial charge in [-0.25, -0.2) is 0 Å². The SMILES string of the molecule is CCCN1CCN(c2ccc(C(N)=O)c([C@@H](C(=O)N3C[C@H](C4CC4)[C@H]4OCC(=O)[C@H]43)C(C)(C)CC)c2)CC1. The molecule has 1 aliphatic carbocycles. The third-order valence-corrected chi connectivity index (χ3v) is 9.56. The molecule has 8 nitrogen and oxygen atoms in total. The Balaban J connectivity index is 1.51. The van der Waals surface area contributed by atoms with Crippen LogP contribution < -0.4 is 10.6 Å². The second kappa shape index (κ2) is 10.6. The van der Waals surface area contributed by atoms with Crippen LogP contribution in [0.3, 0.4) is 0 Å². The summed E-state index contributed by atoms with van der Waals surface area (Å²) in [6.45, 7) is 13.9. The summed E-state index contributed by atoms with van der Waals surface area (Å²) in [4.78, 5) is 46.8. The molecule has 4 atom stereocenters. The molecule has 38 heavy (non-hydrogen) atoms. The molecule has 1 aromatic carbocycles. The molecule has 2 N–H and O–H groups in total. The Bertz CT molecular complexity index is 1080. The van der Waals surface area contributed by atoms with Crippen LogP contribution in [-0.2, 0) is 14.3 Å². The molecule has 208 valence electrons. The first-order chi connectivity index (χ1) is 18.2. The van der Waals surface area contributed by atoms with Gasteiger partial charge in [-0.05, 0) is 67.3 Å². The lowest BCUT2D eigenvalue weighted by atomic mass is 9.71. The minimum absolute atomic E-state index is 0.00613. The number of likely N-dealkylation sites (tertiary alicyclic amines) is 1. The number of fused-ring (bicyclic) bond motifs is 1. The molecule has 4 aliphatic rings. The van der Waals surface area contributed by atoms with Crippen molar-refractivity contribution in [1.82, 2.24) is 9.80 Å². The number of Topliss-reactive ketones (excluding diaryl/α,β-unsaturated/α-hetero) is 1. The Hall–Kier alpha value is -2.45. The largest absolute Gasteiger partial charge is 0.369 e. The number of hydrogen-bond donors (Lipinski definition) is 1. The van der Waals surface area contributed by atoms with Crippen LogP contribution in [0.25, 0.3) is 0 Å². The second-order valence-corrected chi connectivity index (χ2v) is 12.4. The number of carbonyl (C=O) groups excluding carboxylic acids is 3. The lowest BCUT2D eigenvalue weighted by Crippen LogP contribution is -2.48. The van der Waals surface area contributed by atoms with Crippen LogP contribution in [0, 0.1) is 17.3 Å². The molecule has 8 heteroatoms. The molecule has 4 fully saturated rings. The average molecular weight is 525 g/mol. The Kier molecular flexibility index (Phi) is 7.57. The fraction of sp³-hybridized carbons (Fsp3) is 0.700. The molecular weight excluding hydrogens is 480 g/mol. The zero-order valence-electron chi connectivity index (χ0n) is 23.4. The number of amides is 2. The van der Waals surface area contributed by atoms with E-state index in [0.29, 0.717) is 23.6 Å². The van der Waals surface area contributed by atoms with Crippen molar-refractivity contribution in [3.63, 3.8) is 0 Å². The van der Waals surface area contributed by atoms with Crippen molar-refractivity contribution < 1.29 is 19.1 Å². The summed E-state index contributed by atoms with van der Waals surface area (Å²) in [6.07, 6.45) is 3.94. The highest BCUT2D eigenvalue weighted by Gasteiger charge is 2.57. The number of benzene rings is 1. The van der Waals surface area contributed by atoms with Crippen LogP contribution in [0.15, 0.2) is 18.2 Å². The summed E-state index contributed by atoms with van der Waals surface area (Å²) in [6, 6.07) is 5.26. The molecule has 0 aromatic heterocycles. The van der Waals surface area contributed by atoms with E-state index in [9.17, 15) is 14.4 Å². The van der Waals surface area contributed by atoms with E-state index in [1.807, 2.05) is 12.1 Å². The lowest BCUT2D eigenvalue weighted by Gasteiger charge is -2.39. The van der Waals surface area contributed by atoms with Gasteiger partial charge in [-0.2, -0.15) is 0 Å². The van der Waals surface area contributed by atoms with E-state index in [0.717, 1.165) is 64.1 Å². The standard InChI is InChI=1S/C30H44N4O4/c1-5-11-32-12-14-33(15-13-32)20-9-10-21(28(31)36)22(16-20)25(30(3,4)6-2)29(37)34-17-23(19-7-8-19)27-26(34)24(35)18-38-27/h9-10,16,19,23,25-27H,5-8,11-15,17-18H2,1-4H3,(H2,31,36)/t23-,25+,26-,27-/m1/s1. The monoisotopic (exact) mass is 524 g/mol. The van der Waals surface area contributed by atoms with E-state index in [4.69, 9.17) is 10.5 Å². The molecule has 1 aromatic rings. The molecule has 2 amide bonds. The Morgan fingerprint density at radius 2 is 1.84 bits per heavy atom. The normalized spacial score (nSPS) is 27.1. The average Bonchev–Trinajstić information content (AvgIpc) is 3.57. The van der Waals surface area contributed by atoms with Gasteiger partial charge in [0, 0.05) is 49.9 Å². The summed E-state index contributed by atoms with van der Waals surface area (Å²) in [5.74, 6) is -0.473. The summed E-state index contributed by atoms with van der Waals surface area (Å²) in [7, 11) is 0. The van der Waals surface area contributed by atoms with Gasteiger partial charge in [0.25, 0.3) is 0 Å². The summed E-state index contributed by atoms with van der Waals surface area (Å²) in [5.41, 5.74) is 7.53. The van der Waals surface area contributed by atoms with Gasteiger partial charge < -0.3 is 20.3 Å².